The fourth-order valence-corrected chi connectivity index (χ4v) is 4.16. The topological polar surface area (TPSA) is 39.1 Å². The molecule has 0 bridgehead atoms. The van der Waals surface area contributed by atoms with Gasteiger partial charge in [-0.05, 0) is 70.9 Å². The van der Waals surface area contributed by atoms with Crippen LogP contribution in [0.2, 0.25) is 0 Å². The summed E-state index contributed by atoms with van der Waals surface area (Å²) < 4.78 is 0. The molecule has 3 nitrogen and oxygen atoms in total. The van der Waals surface area contributed by atoms with Gasteiger partial charge in [0.2, 0.25) is 0 Å². The van der Waals surface area contributed by atoms with Gasteiger partial charge in [0.05, 0.1) is 6.07 Å². The van der Waals surface area contributed by atoms with Crippen LogP contribution >= 0.6 is 0 Å². The Labute approximate surface area is 131 Å². The van der Waals surface area contributed by atoms with Gasteiger partial charge in [-0.3, -0.25) is 5.32 Å². The molecular formula is C18H33N3. The van der Waals surface area contributed by atoms with Gasteiger partial charge in [-0.2, -0.15) is 5.26 Å². The summed E-state index contributed by atoms with van der Waals surface area (Å²) in [5, 5.41) is 13.3. The van der Waals surface area contributed by atoms with Gasteiger partial charge in [0.15, 0.2) is 0 Å². The lowest BCUT2D eigenvalue weighted by molar-refractivity contribution is 0.0500. The van der Waals surface area contributed by atoms with Crippen molar-refractivity contribution in [3.05, 3.63) is 0 Å². The van der Waals surface area contributed by atoms with Crippen molar-refractivity contribution in [3.8, 4) is 6.07 Å². The number of likely N-dealkylation sites (tertiary alicyclic amines) is 1. The molecule has 0 amide bonds. The molecule has 120 valence electrons. The molecule has 1 saturated carbocycles. The number of nitriles is 1. The second kappa shape index (κ2) is 6.67. The van der Waals surface area contributed by atoms with Gasteiger partial charge in [0, 0.05) is 12.1 Å². The van der Waals surface area contributed by atoms with Crippen molar-refractivity contribution in [1.29, 1.82) is 5.26 Å². The molecule has 2 aliphatic rings. The molecule has 2 rings (SSSR count). The third kappa shape index (κ3) is 3.99. The fraction of sp³-hybridized carbons (Fsp3) is 0.944. The molecule has 0 aromatic heterocycles. The Bertz CT molecular complexity index is 376. The molecule has 1 saturated heterocycles. The van der Waals surface area contributed by atoms with E-state index >= 15 is 0 Å². The third-order valence-corrected chi connectivity index (χ3v) is 5.88. The first-order chi connectivity index (χ1) is 9.92. The van der Waals surface area contributed by atoms with E-state index in [0.29, 0.717) is 17.5 Å². The Morgan fingerprint density at radius 2 is 1.95 bits per heavy atom. The molecule has 2 atom stereocenters. The average molecular weight is 291 g/mol. The maximum Gasteiger partial charge on any atom is 0.108 e. The van der Waals surface area contributed by atoms with E-state index in [0.717, 1.165) is 12.8 Å². The van der Waals surface area contributed by atoms with Crippen molar-refractivity contribution in [2.45, 2.75) is 90.3 Å². The molecule has 0 aromatic carbocycles. The van der Waals surface area contributed by atoms with Crippen molar-refractivity contribution in [2.24, 2.45) is 5.41 Å². The van der Waals surface area contributed by atoms with Gasteiger partial charge in [-0.15, -0.1) is 0 Å². The highest BCUT2D eigenvalue weighted by molar-refractivity contribution is 5.12. The van der Waals surface area contributed by atoms with Crippen LogP contribution in [0.3, 0.4) is 0 Å². The minimum absolute atomic E-state index is 0.289. The summed E-state index contributed by atoms with van der Waals surface area (Å²) >= 11 is 0. The van der Waals surface area contributed by atoms with Crippen LogP contribution in [-0.4, -0.2) is 35.6 Å². The minimum Gasteiger partial charge on any atom is -0.300 e. The molecular weight excluding hydrogens is 258 g/mol. The average Bonchev–Trinajstić information content (AvgIpc) is 2.47. The Balaban J connectivity index is 1.97. The first kappa shape index (κ1) is 16.8. The van der Waals surface area contributed by atoms with Crippen molar-refractivity contribution in [1.82, 2.24) is 10.2 Å². The van der Waals surface area contributed by atoms with Crippen LogP contribution in [0.4, 0.5) is 0 Å². The largest absolute Gasteiger partial charge is 0.300 e. The summed E-state index contributed by atoms with van der Waals surface area (Å²) in [5.41, 5.74) is 0.260. The molecule has 0 aromatic rings. The highest BCUT2D eigenvalue weighted by Gasteiger charge is 2.40. The highest BCUT2D eigenvalue weighted by Crippen LogP contribution is 2.38. The Morgan fingerprint density at radius 1 is 1.29 bits per heavy atom. The van der Waals surface area contributed by atoms with E-state index in [1.54, 1.807) is 0 Å². The van der Waals surface area contributed by atoms with E-state index in [2.05, 4.69) is 44.0 Å². The maximum absolute atomic E-state index is 9.70. The van der Waals surface area contributed by atoms with E-state index in [1.165, 1.54) is 45.2 Å². The summed E-state index contributed by atoms with van der Waals surface area (Å²) in [6.07, 6.45) is 8.39. The first-order valence-electron chi connectivity index (χ1n) is 8.85. The van der Waals surface area contributed by atoms with Crippen molar-refractivity contribution >= 4 is 0 Å². The van der Waals surface area contributed by atoms with Gasteiger partial charge >= 0.3 is 0 Å². The second-order valence-electron chi connectivity index (χ2n) is 7.94. The van der Waals surface area contributed by atoms with Gasteiger partial charge in [-0.25, -0.2) is 0 Å². The summed E-state index contributed by atoms with van der Waals surface area (Å²) in [7, 11) is 0. The molecule has 21 heavy (non-hydrogen) atoms. The Hall–Kier alpha value is -0.590. The molecule has 1 aliphatic carbocycles. The Morgan fingerprint density at radius 3 is 2.48 bits per heavy atom. The number of rotatable bonds is 4. The lowest BCUT2D eigenvalue weighted by Crippen LogP contribution is -2.56. The molecule has 1 heterocycles. The monoisotopic (exact) mass is 291 g/mol. The quantitative estimate of drug-likeness (QED) is 0.858. The van der Waals surface area contributed by atoms with E-state index in [-0.39, 0.29) is 5.54 Å². The van der Waals surface area contributed by atoms with Crippen molar-refractivity contribution in [2.75, 3.05) is 13.1 Å². The highest BCUT2D eigenvalue weighted by atomic mass is 15.2. The zero-order valence-electron chi connectivity index (χ0n) is 14.4. The second-order valence-corrected chi connectivity index (χ2v) is 7.94. The number of hydrogen-bond donors (Lipinski definition) is 1. The number of nitrogens with zero attached hydrogens (tertiary/aromatic N) is 2. The van der Waals surface area contributed by atoms with Crippen LogP contribution < -0.4 is 5.32 Å². The van der Waals surface area contributed by atoms with Crippen LogP contribution in [0.25, 0.3) is 0 Å². The summed E-state index contributed by atoms with van der Waals surface area (Å²) in [5.74, 6) is 0. The molecule has 2 fully saturated rings. The van der Waals surface area contributed by atoms with Crippen LogP contribution in [0.15, 0.2) is 0 Å². The van der Waals surface area contributed by atoms with Crippen LogP contribution in [-0.2, 0) is 0 Å². The van der Waals surface area contributed by atoms with Crippen LogP contribution in [0, 0.1) is 16.7 Å². The predicted molar refractivity (Wildman–Crippen MR) is 88.1 cm³/mol. The lowest BCUT2D eigenvalue weighted by atomic mass is 9.75. The molecule has 1 aliphatic heterocycles. The van der Waals surface area contributed by atoms with Crippen molar-refractivity contribution < 1.29 is 0 Å². The van der Waals surface area contributed by atoms with Gasteiger partial charge in [-0.1, -0.05) is 20.3 Å². The number of hydrogen-bond acceptors (Lipinski definition) is 3. The molecule has 1 N–H and O–H groups in total. The molecule has 0 spiro atoms. The lowest BCUT2D eigenvalue weighted by Gasteiger charge is -2.47. The van der Waals surface area contributed by atoms with E-state index in [9.17, 15) is 5.26 Å². The predicted octanol–water partition coefficient (Wildman–Crippen LogP) is 3.70. The summed E-state index contributed by atoms with van der Waals surface area (Å²) in [4.78, 5) is 2.67. The van der Waals surface area contributed by atoms with E-state index in [4.69, 9.17) is 0 Å². The normalized spacial score (nSPS) is 33.8. The Kier molecular flexibility index (Phi) is 5.33. The maximum atomic E-state index is 9.70. The first-order valence-corrected chi connectivity index (χ1v) is 8.85. The summed E-state index contributed by atoms with van der Waals surface area (Å²) in [6.45, 7) is 11.5. The molecule has 0 radical (unpaired) electrons. The number of nitrogens with one attached hydrogen (secondary N) is 1. The minimum atomic E-state index is -0.289. The zero-order valence-corrected chi connectivity index (χ0v) is 14.4. The SMILES string of the molecule is CCC1(C)CCN(C2CCCC(C#N)(NC(C)C)C2)CC1. The van der Waals surface area contributed by atoms with E-state index in [1.807, 2.05) is 0 Å². The van der Waals surface area contributed by atoms with Crippen LogP contribution in [0.5, 0.6) is 0 Å². The third-order valence-electron chi connectivity index (χ3n) is 5.88. The molecule has 2 unspecified atom stereocenters. The van der Waals surface area contributed by atoms with Crippen molar-refractivity contribution in [3.63, 3.8) is 0 Å². The number of piperidine rings is 1. The smallest absolute Gasteiger partial charge is 0.108 e. The molecule has 3 heteroatoms. The fourth-order valence-electron chi connectivity index (χ4n) is 4.16. The van der Waals surface area contributed by atoms with E-state index < -0.39 is 0 Å². The standard InChI is InChI=1S/C18H33N3/c1-5-17(4)9-11-21(12-10-17)16-7-6-8-18(13-16,14-19)20-15(2)3/h15-16,20H,5-13H2,1-4H3. The van der Waals surface area contributed by atoms with Gasteiger partial charge in [0.25, 0.3) is 0 Å². The van der Waals surface area contributed by atoms with Gasteiger partial charge < -0.3 is 4.90 Å². The van der Waals surface area contributed by atoms with Gasteiger partial charge in [0.1, 0.15) is 5.54 Å². The summed E-state index contributed by atoms with van der Waals surface area (Å²) in [6, 6.07) is 3.59. The zero-order chi connectivity index (χ0) is 15.5. The van der Waals surface area contributed by atoms with Crippen LogP contribution in [0.1, 0.15) is 72.6 Å².